The Morgan fingerprint density at radius 1 is 1.06 bits per heavy atom. The van der Waals surface area contributed by atoms with Gasteiger partial charge >= 0.3 is 17.9 Å². The molecule has 186 valence electrons. The fraction of sp³-hybridized carbons (Fsp3) is 0.250. The average molecular weight is 510 g/mol. The van der Waals surface area contributed by atoms with Crippen molar-refractivity contribution in [3.63, 3.8) is 0 Å². The highest BCUT2D eigenvalue weighted by Gasteiger charge is 2.20. The number of carbonyl (C=O) groups is 3. The Labute approximate surface area is 199 Å². The summed E-state index contributed by atoms with van der Waals surface area (Å²) in [6.45, 7) is -0.211. The molecule has 0 amide bonds. The standard InChI is InChI=1S/C20H18N2O12S/c1-13(23)33-18-5-3-2-4-17(18)20(25)31-12-30-19(24)14-6-8-16(9-7-14)35(29)11-15(34-21-26)10-32-22(27)28/h2-9,15H,10-12H2,1H3. The highest BCUT2D eigenvalue weighted by molar-refractivity contribution is 7.85. The molecule has 2 atom stereocenters. The zero-order chi connectivity index (χ0) is 25.8. The summed E-state index contributed by atoms with van der Waals surface area (Å²) in [5.74, 6) is -2.72. The second kappa shape index (κ2) is 13.3. The van der Waals surface area contributed by atoms with Gasteiger partial charge in [-0.3, -0.25) is 9.00 Å². The molecule has 0 aromatic heterocycles. The molecule has 0 aliphatic rings. The highest BCUT2D eigenvalue weighted by Crippen LogP contribution is 2.19. The van der Waals surface area contributed by atoms with Crippen LogP contribution >= 0.6 is 0 Å². The van der Waals surface area contributed by atoms with Gasteiger partial charge in [-0.15, -0.1) is 15.0 Å². The van der Waals surface area contributed by atoms with E-state index < -0.39 is 53.3 Å². The van der Waals surface area contributed by atoms with Gasteiger partial charge in [0.25, 0.3) is 5.09 Å². The molecule has 0 heterocycles. The van der Waals surface area contributed by atoms with Crippen molar-refractivity contribution in [2.45, 2.75) is 17.9 Å². The Morgan fingerprint density at radius 2 is 1.71 bits per heavy atom. The predicted molar refractivity (Wildman–Crippen MR) is 115 cm³/mol. The molecule has 0 spiro atoms. The lowest BCUT2D eigenvalue weighted by atomic mass is 10.2. The van der Waals surface area contributed by atoms with Gasteiger partial charge < -0.3 is 23.9 Å². The topological polar surface area (TPSA) is 187 Å². The van der Waals surface area contributed by atoms with Crippen molar-refractivity contribution < 1.29 is 47.6 Å². The van der Waals surface area contributed by atoms with Crippen molar-refractivity contribution in [3.05, 3.63) is 74.7 Å². The number of hydrogen-bond donors (Lipinski definition) is 0. The predicted octanol–water partition coefficient (Wildman–Crippen LogP) is 1.97. The quantitative estimate of drug-likeness (QED) is 0.0953. The van der Waals surface area contributed by atoms with E-state index in [4.69, 9.17) is 14.2 Å². The van der Waals surface area contributed by atoms with Crippen LogP contribution in [0.5, 0.6) is 5.75 Å². The fourth-order valence-electron chi connectivity index (χ4n) is 2.50. The van der Waals surface area contributed by atoms with Crippen LogP contribution in [0.4, 0.5) is 0 Å². The molecular weight excluding hydrogens is 492 g/mol. The molecule has 0 radical (unpaired) electrons. The van der Waals surface area contributed by atoms with E-state index in [2.05, 4.69) is 15.0 Å². The molecule has 14 nitrogen and oxygen atoms in total. The van der Waals surface area contributed by atoms with E-state index in [0.717, 1.165) is 0 Å². The maximum absolute atomic E-state index is 12.4. The lowest BCUT2D eigenvalue weighted by Crippen LogP contribution is -2.26. The van der Waals surface area contributed by atoms with Crippen molar-refractivity contribution in [3.8, 4) is 5.75 Å². The minimum absolute atomic E-state index is 0.0126. The number of para-hydroxylation sites is 1. The van der Waals surface area contributed by atoms with E-state index in [1.165, 1.54) is 49.4 Å². The first-order valence-electron chi connectivity index (χ1n) is 9.57. The average Bonchev–Trinajstić information content (AvgIpc) is 2.82. The molecule has 15 heteroatoms. The first-order chi connectivity index (χ1) is 16.7. The number of hydrogen-bond acceptors (Lipinski definition) is 13. The van der Waals surface area contributed by atoms with Crippen LogP contribution in [0.15, 0.2) is 58.8 Å². The Hall–Kier alpha value is -4.40. The van der Waals surface area contributed by atoms with Crippen LogP contribution in [-0.4, -0.2) is 52.5 Å². The molecule has 2 aromatic carbocycles. The van der Waals surface area contributed by atoms with E-state index >= 15 is 0 Å². The largest absolute Gasteiger partial charge is 0.426 e. The van der Waals surface area contributed by atoms with Crippen molar-refractivity contribution in [1.82, 2.24) is 0 Å². The maximum Gasteiger partial charge on any atom is 0.344 e. The summed E-state index contributed by atoms with van der Waals surface area (Å²) in [6.07, 6.45) is -1.23. The third-order valence-electron chi connectivity index (χ3n) is 3.99. The molecule has 0 N–H and O–H groups in total. The minimum atomic E-state index is -1.77. The Morgan fingerprint density at radius 3 is 2.34 bits per heavy atom. The summed E-state index contributed by atoms with van der Waals surface area (Å²) in [5, 5.41) is 11.3. The van der Waals surface area contributed by atoms with Crippen LogP contribution < -0.4 is 4.74 Å². The molecule has 0 fully saturated rings. The molecule has 0 bridgehead atoms. The number of benzene rings is 2. The zero-order valence-corrected chi connectivity index (χ0v) is 18.8. The van der Waals surface area contributed by atoms with Gasteiger partial charge in [-0.25, -0.2) is 9.59 Å². The molecule has 0 aliphatic carbocycles. The van der Waals surface area contributed by atoms with Crippen LogP contribution in [0.3, 0.4) is 0 Å². The fourth-order valence-corrected chi connectivity index (χ4v) is 3.63. The Bertz CT molecular complexity index is 1110. The third-order valence-corrected chi connectivity index (χ3v) is 5.46. The highest BCUT2D eigenvalue weighted by atomic mass is 32.2. The van der Waals surface area contributed by atoms with E-state index in [1.54, 1.807) is 6.07 Å². The smallest absolute Gasteiger partial charge is 0.344 e. The number of ether oxygens (including phenoxy) is 3. The zero-order valence-electron chi connectivity index (χ0n) is 18.0. The third kappa shape index (κ3) is 8.81. The number of nitrogens with zero attached hydrogens (tertiary/aromatic N) is 2. The summed E-state index contributed by atoms with van der Waals surface area (Å²) in [6, 6.07) is 11.1. The van der Waals surface area contributed by atoms with Gasteiger partial charge in [0.05, 0.1) is 22.1 Å². The summed E-state index contributed by atoms with van der Waals surface area (Å²) in [7, 11) is -1.77. The summed E-state index contributed by atoms with van der Waals surface area (Å²) in [5.41, 5.74) is 0.00223. The van der Waals surface area contributed by atoms with Gasteiger partial charge in [-0.1, -0.05) is 12.1 Å². The van der Waals surface area contributed by atoms with Crippen molar-refractivity contribution in [2.75, 3.05) is 19.2 Å². The Kier molecular flexibility index (Phi) is 10.2. The molecule has 0 aliphatic heterocycles. The maximum atomic E-state index is 12.4. The number of rotatable bonds is 13. The second-order valence-corrected chi connectivity index (χ2v) is 7.92. The van der Waals surface area contributed by atoms with Gasteiger partial charge in [0.1, 0.15) is 17.9 Å². The van der Waals surface area contributed by atoms with E-state index in [0.29, 0.717) is 0 Å². The molecule has 0 saturated heterocycles. The van der Waals surface area contributed by atoms with Gasteiger partial charge in [0, 0.05) is 11.8 Å². The summed E-state index contributed by atoms with van der Waals surface area (Å²) in [4.78, 5) is 64.7. The van der Waals surface area contributed by atoms with Crippen LogP contribution in [0.2, 0.25) is 0 Å². The van der Waals surface area contributed by atoms with Crippen LogP contribution in [0, 0.1) is 15.0 Å². The first kappa shape index (κ1) is 26.8. The van der Waals surface area contributed by atoms with Gasteiger partial charge in [-0.2, -0.15) is 0 Å². The first-order valence-corrected chi connectivity index (χ1v) is 10.9. The lowest BCUT2D eigenvalue weighted by molar-refractivity contribution is -0.759. The van der Waals surface area contributed by atoms with Crippen molar-refractivity contribution in [1.29, 1.82) is 0 Å². The lowest BCUT2D eigenvalue weighted by Gasteiger charge is -2.12. The van der Waals surface area contributed by atoms with Crippen LogP contribution in [-0.2, 0) is 34.7 Å². The van der Waals surface area contributed by atoms with Crippen molar-refractivity contribution >= 4 is 28.7 Å². The molecule has 35 heavy (non-hydrogen) atoms. The Balaban J connectivity index is 1.90. The molecular formula is C20H18N2O12S. The number of esters is 3. The molecule has 2 rings (SSSR count). The summed E-state index contributed by atoms with van der Waals surface area (Å²) < 4.78 is 27.1. The number of carbonyl (C=O) groups excluding carboxylic acids is 3. The molecule has 2 aromatic rings. The molecule has 2 unspecified atom stereocenters. The van der Waals surface area contributed by atoms with Crippen LogP contribution in [0.1, 0.15) is 27.6 Å². The summed E-state index contributed by atoms with van der Waals surface area (Å²) >= 11 is 0. The SMILES string of the molecule is CC(=O)Oc1ccccc1C(=O)OCOC(=O)c1ccc(S(=O)CC(CO[N+](=O)[O-])ON=O)cc1. The van der Waals surface area contributed by atoms with Crippen LogP contribution in [0.25, 0.3) is 0 Å². The second-order valence-electron chi connectivity index (χ2n) is 6.43. The van der Waals surface area contributed by atoms with Crippen molar-refractivity contribution in [2.24, 2.45) is 5.34 Å². The van der Waals surface area contributed by atoms with E-state index in [9.17, 15) is 33.6 Å². The van der Waals surface area contributed by atoms with E-state index in [1.807, 2.05) is 0 Å². The normalized spacial score (nSPS) is 11.9. The van der Waals surface area contributed by atoms with E-state index in [-0.39, 0.29) is 27.5 Å². The van der Waals surface area contributed by atoms with Gasteiger partial charge in [0.15, 0.2) is 11.4 Å². The molecule has 0 saturated carbocycles. The monoisotopic (exact) mass is 510 g/mol. The van der Waals surface area contributed by atoms with Gasteiger partial charge in [0.2, 0.25) is 6.79 Å². The van der Waals surface area contributed by atoms with Gasteiger partial charge in [-0.05, 0) is 36.4 Å². The minimum Gasteiger partial charge on any atom is -0.426 e.